The number of ether oxygens (including phenoxy) is 1. The minimum Gasteiger partial charge on any atom is -0.492 e. The van der Waals surface area contributed by atoms with E-state index in [0.717, 1.165) is 14.8 Å². The Balaban J connectivity index is 1.76. The van der Waals surface area contributed by atoms with Crippen molar-refractivity contribution >= 4 is 5.91 Å². The van der Waals surface area contributed by atoms with Crippen molar-refractivity contribution in [1.82, 2.24) is 29.1 Å². The fourth-order valence-corrected chi connectivity index (χ4v) is 3.69. The number of rotatable bonds is 9. The largest absolute Gasteiger partial charge is 0.492 e. The van der Waals surface area contributed by atoms with E-state index in [1.165, 1.54) is 4.68 Å². The van der Waals surface area contributed by atoms with Crippen LogP contribution in [0.4, 0.5) is 13.2 Å². The number of nitrogens with two attached hydrogens (primary N) is 1. The normalized spacial score (nSPS) is 11.6. The van der Waals surface area contributed by atoms with Crippen LogP contribution in [0.25, 0.3) is 17.1 Å². The lowest BCUT2D eigenvalue weighted by atomic mass is 10.1. The van der Waals surface area contributed by atoms with E-state index in [4.69, 9.17) is 10.5 Å². The lowest BCUT2D eigenvalue weighted by Gasteiger charge is -2.10. The third kappa shape index (κ3) is 5.71. The van der Waals surface area contributed by atoms with Gasteiger partial charge < -0.3 is 10.5 Å². The number of nitrogens with zero attached hydrogens (tertiary/aromatic N) is 6. The summed E-state index contributed by atoms with van der Waals surface area (Å²) in [5.74, 6) is -0.554. The van der Waals surface area contributed by atoms with Gasteiger partial charge in [-0.3, -0.25) is 9.36 Å². The summed E-state index contributed by atoms with van der Waals surface area (Å²) in [6.45, 7) is 3.10. The van der Waals surface area contributed by atoms with Crippen LogP contribution in [0.3, 0.4) is 0 Å². The van der Waals surface area contributed by atoms with Gasteiger partial charge in [0.25, 0.3) is 5.91 Å². The number of carbonyl (C=O) groups is 1. The average Bonchev–Trinajstić information content (AvgIpc) is 3.40. The standard InChI is InChI=1S/C24H24F3N7O3/c1-3-37-18-7-5-4-6-17(18)34-22(20(28)35)29-19(30-34)14-33-23(36)32(13-12-24(25,26)27)21(31-33)16-10-8-15(2)9-11-16/h4-11H,3,12-14H2,1-2H3,(H2,28,35). The van der Waals surface area contributed by atoms with Gasteiger partial charge in [-0.05, 0) is 26.0 Å². The number of halogens is 3. The maximum absolute atomic E-state index is 13.1. The second-order valence-electron chi connectivity index (χ2n) is 8.18. The van der Waals surface area contributed by atoms with Crippen LogP contribution in [0.2, 0.25) is 0 Å². The van der Waals surface area contributed by atoms with Crippen molar-refractivity contribution in [3.8, 4) is 22.8 Å². The Morgan fingerprint density at radius 3 is 2.43 bits per heavy atom. The molecule has 2 heterocycles. The predicted molar refractivity (Wildman–Crippen MR) is 127 cm³/mol. The predicted octanol–water partition coefficient (Wildman–Crippen LogP) is 3.10. The number of benzene rings is 2. The van der Waals surface area contributed by atoms with Crippen LogP contribution < -0.4 is 16.2 Å². The molecule has 0 fully saturated rings. The second kappa shape index (κ2) is 10.3. The average molecular weight is 515 g/mol. The highest BCUT2D eigenvalue weighted by molar-refractivity contribution is 5.89. The molecule has 2 aromatic carbocycles. The summed E-state index contributed by atoms with van der Waals surface area (Å²) in [6.07, 6.45) is -5.67. The molecule has 2 aromatic heterocycles. The first-order valence-electron chi connectivity index (χ1n) is 11.4. The van der Waals surface area contributed by atoms with Crippen LogP contribution in [0.1, 0.15) is 35.4 Å². The minimum absolute atomic E-state index is 0.0122. The molecule has 0 spiro atoms. The fourth-order valence-electron chi connectivity index (χ4n) is 3.69. The maximum atomic E-state index is 13.1. The van der Waals surface area contributed by atoms with Crippen molar-refractivity contribution in [3.63, 3.8) is 0 Å². The lowest BCUT2D eigenvalue weighted by Crippen LogP contribution is -2.27. The van der Waals surface area contributed by atoms with Crippen molar-refractivity contribution in [1.29, 1.82) is 0 Å². The van der Waals surface area contributed by atoms with Crippen LogP contribution in [-0.4, -0.2) is 47.8 Å². The molecule has 194 valence electrons. The first-order valence-corrected chi connectivity index (χ1v) is 11.4. The topological polar surface area (TPSA) is 123 Å². The smallest absolute Gasteiger partial charge is 0.390 e. The van der Waals surface area contributed by atoms with Gasteiger partial charge in [0.05, 0.1) is 13.0 Å². The SMILES string of the molecule is CCOc1ccccc1-n1nc(Cn2nc(-c3ccc(C)cc3)n(CCC(F)(F)F)c2=O)nc1C(N)=O. The Labute approximate surface area is 209 Å². The van der Waals surface area contributed by atoms with Gasteiger partial charge in [-0.2, -0.15) is 13.2 Å². The van der Waals surface area contributed by atoms with Crippen molar-refractivity contribution in [2.75, 3.05) is 6.61 Å². The van der Waals surface area contributed by atoms with Gasteiger partial charge in [-0.15, -0.1) is 10.2 Å². The Morgan fingerprint density at radius 2 is 1.78 bits per heavy atom. The van der Waals surface area contributed by atoms with Crippen LogP contribution in [0, 0.1) is 6.92 Å². The molecule has 0 aliphatic heterocycles. The van der Waals surface area contributed by atoms with E-state index in [1.54, 1.807) is 55.5 Å². The number of amides is 1. The number of para-hydroxylation sites is 2. The third-order valence-electron chi connectivity index (χ3n) is 5.41. The summed E-state index contributed by atoms with van der Waals surface area (Å²) in [5.41, 5.74) is 6.56. The summed E-state index contributed by atoms with van der Waals surface area (Å²) < 4.78 is 47.6. The zero-order valence-corrected chi connectivity index (χ0v) is 20.1. The third-order valence-corrected chi connectivity index (χ3v) is 5.41. The Kier molecular flexibility index (Phi) is 7.14. The van der Waals surface area contributed by atoms with Crippen LogP contribution in [0.15, 0.2) is 53.3 Å². The van der Waals surface area contributed by atoms with E-state index < -0.39 is 30.7 Å². The van der Waals surface area contributed by atoms with E-state index in [2.05, 4.69) is 15.2 Å². The molecule has 0 unspecified atom stereocenters. The Morgan fingerprint density at radius 1 is 1.08 bits per heavy atom. The lowest BCUT2D eigenvalue weighted by molar-refractivity contribution is -0.136. The molecule has 4 rings (SSSR count). The van der Waals surface area contributed by atoms with Crippen molar-refractivity contribution in [2.45, 2.75) is 39.5 Å². The molecule has 0 saturated heterocycles. The molecular formula is C24H24F3N7O3. The van der Waals surface area contributed by atoms with Gasteiger partial charge in [0, 0.05) is 12.1 Å². The molecule has 13 heteroatoms. The van der Waals surface area contributed by atoms with Gasteiger partial charge in [0.15, 0.2) is 11.6 Å². The molecule has 0 aliphatic carbocycles. The molecule has 37 heavy (non-hydrogen) atoms. The first kappa shape index (κ1) is 25.7. The number of aryl methyl sites for hydroxylation is 1. The molecule has 10 nitrogen and oxygen atoms in total. The first-order chi connectivity index (χ1) is 17.6. The number of alkyl halides is 3. The van der Waals surface area contributed by atoms with Gasteiger partial charge in [0.1, 0.15) is 18.0 Å². The maximum Gasteiger partial charge on any atom is 0.390 e. The minimum atomic E-state index is -4.46. The molecule has 0 radical (unpaired) electrons. The van der Waals surface area contributed by atoms with Gasteiger partial charge in [0.2, 0.25) is 5.82 Å². The van der Waals surface area contributed by atoms with Crippen molar-refractivity contribution < 1.29 is 22.7 Å². The van der Waals surface area contributed by atoms with E-state index in [9.17, 15) is 22.8 Å². The van der Waals surface area contributed by atoms with E-state index in [0.29, 0.717) is 23.6 Å². The summed E-state index contributed by atoms with van der Waals surface area (Å²) in [7, 11) is 0. The molecule has 0 atom stereocenters. The highest BCUT2D eigenvalue weighted by Crippen LogP contribution is 2.24. The van der Waals surface area contributed by atoms with Crippen molar-refractivity contribution in [2.24, 2.45) is 5.73 Å². The Bertz CT molecular complexity index is 1470. The van der Waals surface area contributed by atoms with Crippen LogP contribution >= 0.6 is 0 Å². The number of hydrogen-bond acceptors (Lipinski definition) is 6. The fraction of sp³-hybridized carbons (Fsp3) is 0.292. The summed E-state index contributed by atoms with van der Waals surface area (Å²) >= 11 is 0. The molecule has 0 bridgehead atoms. The van der Waals surface area contributed by atoms with Gasteiger partial charge >= 0.3 is 11.9 Å². The van der Waals surface area contributed by atoms with E-state index >= 15 is 0 Å². The molecule has 4 aromatic rings. The summed E-state index contributed by atoms with van der Waals surface area (Å²) in [6, 6.07) is 13.7. The monoisotopic (exact) mass is 515 g/mol. The number of hydrogen-bond donors (Lipinski definition) is 1. The quantitative estimate of drug-likeness (QED) is 0.366. The molecule has 0 saturated carbocycles. The number of primary amides is 1. The molecule has 1 amide bonds. The Hall–Kier alpha value is -4.42. The highest BCUT2D eigenvalue weighted by atomic mass is 19.4. The zero-order chi connectivity index (χ0) is 26.7. The molecular weight excluding hydrogens is 491 g/mol. The second-order valence-corrected chi connectivity index (χ2v) is 8.18. The zero-order valence-electron chi connectivity index (χ0n) is 20.1. The summed E-state index contributed by atoms with van der Waals surface area (Å²) in [5, 5.41) is 8.60. The summed E-state index contributed by atoms with van der Waals surface area (Å²) in [4.78, 5) is 29.4. The molecule has 2 N–H and O–H groups in total. The van der Waals surface area contributed by atoms with Crippen molar-refractivity contribution in [3.05, 3.63) is 76.2 Å². The molecule has 0 aliphatic rings. The number of aromatic nitrogens is 6. The van der Waals surface area contributed by atoms with Crippen LogP contribution in [-0.2, 0) is 13.1 Å². The van der Waals surface area contributed by atoms with Gasteiger partial charge in [-0.1, -0.05) is 42.0 Å². The van der Waals surface area contributed by atoms with E-state index in [1.807, 2.05) is 6.92 Å². The number of carbonyl (C=O) groups excluding carboxylic acids is 1. The van der Waals surface area contributed by atoms with E-state index in [-0.39, 0.29) is 24.0 Å². The van der Waals surface area contributed by atoms with Crippen LogP contribution in [0.5, 0.6) is 5.75 Å². The highest BCUT2D eigenvalue weighted by Gasteiger charge is 2.29. The van der Waals surface area contributed by atoms with Gasteiger partial charge in [-0.25, -0.2) is 19.1 Å².